The Balaban J connectivity index is 1.60. The Labute approximate surface area is 146 Å². The zero-order valence-electron chi connectivity index (χ0n) is 14.0. The van der Waals surface area contributed by atoms with Crippen LogP contribution in [0, 0.1) is 5.82 Å². The van der Waals surface area contributed by atoms with Crippen LogP contribution in [0.1, 0.15) is 18.5 Å². The lowest BCUT2D eigenvalue weighted by atomic mass is 10.1. The van der Waals surface area contributed by atoms with Crippen LogP contribution in [0.3, 0.4) is 0 Å². The van der Waals surface area contributed by atoms with Crippen LogP contribution in [0.15, 0.2) is 42.7 Å². The van der Waals surface area contributed by atoms with Crippen LogP contribution in [-0.4, -0.2) is 37.3 Å². The third-order valence-electron chi connectivity index (χ3n) is 4.11. The Kier molecular flexibility index (Phi) is 5.45. The lowest BCUT2D eigenvalue weighted by Gasteiger charge is -2.29. The van der Waals surface area contributed by atoms with E-state index in [0.717, 1.165) is 5.56 Å². The molecule has 2 amide bonds. The molecule has 0 radical (unpaired) electrons. The Hall–Kier alpha value is -2.67. The molecule has 1 aliphatic rings. The fraction of sp³-hybridized carbons (Fsp3) is 0.333. The Morgan fingerprint density at radius 1 is 1.24 bits per heavy atom. The number of morpholine rings is 1. The van der Waals surface area contributed by atoms with E-state index in [9.17, 15) is 9.18 Å². The number of carbonyl (C=O) groups excluding carboxylic acids is 1. The number of amides is 2. The zero-order valence-corrected chi connectivity index (χ0v) is 14.0. The monoisotopic (exact) mass is 344 g/mol. The van der Waals surface area contributed by atoms with Gasteiger partial charge in [-0.3, -0.25) is 4.98 Å². The standard InChI is InChI=1S/C18H21FN4O2/c1-13(14-4-6-20-7-5-14)21-18(24)22-15-2-3-17(16(19)12-15)23-8-10-25-11-9-23/h2-7,12-13H,8-11H2,1H3,(H2,21,22,24)/t13-/m1/s1. The van der Waals surface area contributed by atoms with E-state index in [1.165, 1.54) is 6.07 Å². The number of anilines is 2. The second kappa shape index (κ2) is 7.94. The highest BCUT2D eigenvalue weighted by Gasteiger charge is 2.16. The van der Waals surface area contributed by atoms with Crippen molar-refractivity contribution in [3.63, 3.8) is 0 Å². The van der Waals surface area contributed by atoms with Gasteiger partial charge in [-0.25, -0.2) is 9.18 Å². The predicted molar refractivity (Wildman–Crippen MR) is 94.2 cm³/mol. The van der Waals surface area contributed by atoms with Crippen LogP contribution in [0.5, 0.6) is 0 Å². The first kappa shape index (κ1) is 17.2. The Morgan fingerprint density at radius 2 is 1.96 bits per heavy atom. The van der Waals surface area contributed by atoms with E-state index in [1.807, 2.05) is 24.0 Å². The predicted octanol–water partition coefficient (Wildman–Crippen LogP) is 2.94. The van der Waals surface area contributed by atoms with Crippen molar-refractivity contribution in [2.75, 3.05) is 36.5 Å². The molecule has 1 aromatic carbocycles. The Morgan fingerprint density at radius 3 is 2.64 bits per heavy atom. The number of halogens is 1. The van der Waals surface area contributed by atoms with Gasteiger partial charge in [0.2, 0.25) is 0 Å². The lowest BCUT2D eigenvalue weighted by Crippen LogP contribution is -2.36. The molecule has 2 heterocycles. The Bertz CT molecular complexity index is 720. The molecule has 1 saturated heterocycles. The second-order valence-electron chi connectivity index (χ2n) is 5.87. The van der Waals surface area contributed by atoms with Crippen molar-refractivity contribution >= 4 is 17.4 Å². The minimum Gasteiger partial charge on any atom is -0.378 e. The molecular weight excluding hydrogens is 323 g/mol. The molecule has 0 bridgehead atoms. The summed E-state index contributed by atoms with van der Waals surface area (Å²) in [6.07, 6.45) is 3.34. The van der Waals surface area contributed by atoms with Crippen LogP contribution < -0.4 is 15.5 Å². The first-order valence-electron chi connectivity index (χ1n) is 8.23. The van der Waals surface area contributed by atoms with Crippen LogP contribution in [0.2, 0.25) is 0 Å². The summed E-state index contributed by atoms with van der Waals surface area (Å²) in [5.74, 6) is -0.359. The number of hydrogen-bond donors (Lipinski definition) is 2. The smallest absolute Gasteiger partial charge is 0.319 e. The van der Waals surface area contributed by atoms with E-state index in [1.54, 1.807) is 24.5 Å². The number of aromatic nitrogens is 1. The number of benzene rings is 1. The maximum atomic E-state index is 14.4. The summed E-state index contributed by atoms with van der Waals surface area (Å²) in [4.78, 5) is 18.0. The van der Waals surface area contributed by atoms with Gasteiger partial charge in [-0.1, -0.05) is 0 Å². The summed E-state index contributed by atoms with van der Waals surface area (Å²) in [6, 6.07) is 7.82. The van der Waals surface area contributed by atoms with Gasteiger partial charge in [0.1, 0.15) is 5.82 Å². The highest BCUT2D eigenvalue weighted by atomic mass is 19.1. The van der Waals surface area contributed by atoms with Gasteiger partial charge in [0.15, 0.2) is 0 Å². The van der Waals surface area contributed by atoms with Crippen molar-refractivity contribution in [1.29, 1.82) is 0 Å². The molecular formula is C18H21FN4O2. The maximum Gasteiger partial charge on any atom is 0.319 e. The topological polar surface area (TPSA) is 66.5 Å². The first-order valence-corrected chi connectivity index (χ1v) is 8.23. The summed E-state index contributed by atoms with van der Waals surface area (Å²) in [5.41, 5.74) is 1.88. The van der Waals surface area contributed by atoms with Gasteiger partial charge in [0.05, 0.1) is 24.9 Å². The molecule has 1 fully saturated rings. The normalized spacial score (nSPS) is 15.5. The SMILES string of the molecule is C[C@@H](NC(=O)Nc1ccc(N2CCOCC2)c(F)c1)c1ccncc1. The second-order valence-corrected chi connectivity index (χ2v) is 5.87. The van der Waals surface area contributed by atoms with Gasteiger partial charge >= 0.3 is 6.03 Å². The van der Waals surface area contributed by atoms with Gasteiger partial charge < -0.3 is 20.3 Å². The largest absolute Gasteiger partial charge is 0.378 e. The number of ether oxygens (including phenoxy) is 1. The van der Waals surface area contributed by atoms with E-state index in [0.29, 0.717) is 37.7 Å². The first-order chi connectivity index (χ1) is 12.1. The van der Waals surface area contributed by atoms with Crippen LogP contribution in [0.25, 0.3) is 0 Å². The molecule has 1 aliphatic heterocycles. The number of carbonyl (C=O) groups is 1. The van der Waals surface area contributed by atoms with Gasteiger partial charge in [0.25, 0.3) is 0 Å². The summed E-state index contributed by atoms with van der Waals surface area (Å²) < 4.78 is 19.6. The molecule has 0 unspecified atom stereocenters. The molecule has 2 aromatic rings. The van der Waals surface area contributed by atoms with E-state index in [2.05, 4.69) is 15.6 Å². The summed E-state index contributed by atoms with van der Waals surface area (Å²) >= 11 is 0. The summed E-state index contributed by atoms with van der Waals surface area (Å²) in [5, 5.41) is 5.48. The molecule has 7 heteroatoms. The van der Waals surface area contributed by atoms with E-state index >= 15 is 0 Å². The van der Waals surface area contributed by atoms with E-state index in [-0.39, 0.29) is 17.9 Å². The number of urea groups is 1. The van der Waals surface area contributed by atoms with Crippen LogP contribution in [-0.2, 0) is 4.74 Å². The molecule has 3 rings (SSSR count). The van der Waals surface area contributed by atoms with Gasteiger partial charge in [-0.2, -0.15) is 0 Å². The third kappa shape index (κ3) is 4.45. The van der Waals surface area contributed by atoms with Crippen molar-refractivity contribution in [2.24, 2.45) is 0 Å². The van der Waals surface area contributed by atoms with Gasteiger partial charge in [0, 0.05) is 31.2 Å². The van der Waals surface area contributed by atoms with Crippen LogP contribution >= 0.6 is 0 Å². The van der Waals surface area contributed by atoms with E-state index < -0.39 is 0 Å². The van der Waals surface area contributed by atoms with Crippen LogP contribution in [0.4, 0.5) is 20.6 Å². The fourth-order valence-electron chi connectivity index (χ4n) is 2.74. The highest BCUT2D eigenvalue weighted by Crippen LogP contribution is 2.23. The lowest BCUT2D eigenvalue weighted by molar-refractivity contribution is 0.122. The number of nitrogens with one attached hydrogen (secondary N) is 2. The molecule has 6 nitrogen and oxygen atoms in total. The maximum absolute atomic E-state index is 14.4. The summed E-state index contributed by atoms with van der Waals surface area (Å²) in [7, 11) is 0. The minimum atomic E-state index is -0.386. The van der Waals surface area contributed by atoms with Gasteiger partial charge in [-0.15, -0.1) is 0 Å². The van der Waals surface area contributed by atoms with Crippen molar-refractivity contribution < 1.29 is 13.9 Å². The van der Waals surface area contributed by atoms with Crippen molar-refractivity contribution in [3.8, 4) is 0 Å². The minimum absolute atomic E-state index is 0.180. The van der Waals surface area contributed by atoms with Gasteiger partial charge in [-0.05, 0) is 42.8 Å². The average Bonchev–Trinajstić information content (AvgIpc) is 2.63. The average molecular weight is 344 g/mol. The van der Waals surface area contributed by atoms with Crippen molar-refractivity contribution in [3.05, 3.63) is 54.1 Å². The van der Waals surface area contributed by atoms with Crippen molar-refractivity contribution in [1.82, 2.24) is 10.3 Å². The molecule has 132 valence electrons. The highest BCUT2D eigenvalue weighted by molar-refractivity contribution is 5.89. The molecule has 25 heavy (non-hydrogen) atoms. The number of nitrogens with zero attached hydrogens (tertiary/aromatic N) is 2. The quantitative estimate of drug-likeness (QED) is 0.895. The number of pyridine rings is 1. The molecule has 1 atom stereocenters. The number of rotatable bonds is 4. The molecule has 0 spiro atoms. The molecule has 1 aromatic heterocycles. The zero-order chi connectivity index (χ0) is 17.6. The van der Waals surface area contributed by atoms with E-state index in [4.69, 9.17) is 4.74 Å². The number of hydrogen-bond acceptors (Lipinski definition) is 4. The molecule has 0 aliphatic carbocycles. The molecule has 2 N–H and O–H groups in total. The van der Waals surface area contributed by atoms with Crippen molar-refractivity contribution in [2.45, 2.75) is 13.0 Å². The molecule has 0 saturated carbocycles. The summed E-state index contributed by atoms with van der Waals surface area (Å²) in [6.45, 7) is 4.38. The fourth-order valence-corrected chi connectivity index (χ4v) is 2.74. The third-order valence-corrected chi connectivity index (χ3v) is 4.11.